The van der Waals surface area contributed by atoms with Gasteiger partial charge in [0.1, 0.15) is 0 Å². The monoisotopic (exact) mass is 493 g/mol. The molecule has 5 rings (SSSR count). The van der Waals surface area contributed by atoms with E-state index in [1.54, 1.807) is 30.5 Å². The van der Waals surface area contributed by atoms with Crippen molar-refractivity contribution in [3.8, 4) is 5.75 Å². The van der Waals surface area contributed by atoms with Crippen molar-refractivity contribution in [1.82, 2.24) is 0 Å². The summed E-state index contributed by atoms with van der Waals surface area (Å²) in [6, 6.07) is 19.0. The highest BCUT2D eigenvalue weighted by atomic mass is 19.4. The van der Waals surface area contributed by atoms with Gasteiger partial charge in [0.15, 0.2) is 6.21 Å². The molecule has 1 atom stereocenters. The molecule has 0 saturated heterocycles. The molecule has 2 heterocycles. The second kappa shape index (κ2) is 8.85. The highest BCUT2D eigenvalue weighted by Crippen LogP contribution is 2.33. The Kier molecular flexibility index (Phi) is 5.82. The van der Waals surface area contributed by atoms with Crippen LogP contribution in [0, 0.1) is 0 Å². The summed E-state index contributed by atoms with van der Waals surface area (Å²) in [5, 5.41) is 4.52. The zero-order valence-corrected chi connectivity index (χ0v) is 19.7. The summed E-state index contributed by atoms with van der Waals surface area (Å²) in [6.07, 6.45) is -2.75. The number of hydrazone groups is 1. The van der Waals surface area contributed by atoms with Crippen LogP contribution in [0.3, 0.4) is 0 Å². The Morgan fingerprint density at radius 2 is 1.64 bits per heavy atom. The van der Waals surface area contributed by atoms with Crippen LogP contribution in [0.1, 0.15) is 30.5 Å². The van der Waals surface area contributed by atoms with E-state index in [0.717, 1.165) is 36.5 Å². The van der Waals surface area contributed by atoms with Gasteiger partial charge in [-0.2, -0.15) is 13.2 Å². The molecule has 0 amide bonds. The van der Waals surface area contributed by atoms with Crippen LogP contribution in [0.15, 0.2) is 77.9 Å². The minimum atomic E-state index is -4.48. The summed E-state index contributed by atoms with van der Waals surface area (Å²) in [6.45, 7) is 3.18. The van der Waals surface area contributed by atoms with E-state index < -0.39 is 24.4 Å². The molecule has 0 saturated carbocycles. The van der Waals surface area contributed by atoms with Crippen LogP contribution in [-0.2, 0) is 15.6 Å². The van der Waals surface area contributed by atoms with E-state index in [1.165, 1.54) is 16.7 Å². The van der Waals surface area contributed by atoms with Gasteiger partial charge in [-0.3, -0.25) is 0 Å². The summed E-state index contributed by atoms with van der Waals surface area (Å²) in [7, 11) is 0. The predicted molar refractivity (Wildman–Crippen MR) is 132 cm³/mol. The molecule has 3 aromatic carbocycles. The highest BCUT2D eigenvalue weighted by Gasteiger charge is 2.57. The van der Waals surface area contributed by atoms with Crippen LogP contribution in [0.2, 0.25) is 0 Å². The SMILES string of the molecule is CCN(CC)c1ccc2c(c1)O[B-]1(c3ccccc3)OC(=O)C(c3ccc(C(F)(F)F)cc3)=N[N+]1=C2. The standard InChI is InChI=1S/C26H23BF3N3O3/c1-3-32(4-2)22-15-12-19-17-33-27(35-23(19)16-22,21-8-6-5-7-9-21)36-25(34)24(31-33)18-10-13-20(14-11-18)26(28,29)30/h5-17H,3-4H2,1-2H3. The van der Waals surface area contributed by atoms with Crippen molar-refractivity contribution in [3.05, 3.63) is 89.5 Å². The van der Waals surface area contributed by atoms with Crippen molar-refractivity contribution in [2.45, 2.75) is 20.0 Å². The van der Waals surface area contributed by atoms with Gasteiger partial charge >= 0.3 is 18.8 Å². The molecule has 1 unspecified atom stereocenters. The van der Waals surface area contributed by atoms with E-state index in [9.17, 15) is 18.0 Å². The maximum Gasteiger partial charge on any atom is 0.710 e. The maximum absolute atomic E-state index is 13.2. The summed E-state index contributed by atoms with van der Waals surface area (Å²) < 4.78 is 52.9. The number of halogens is 3. The zero-order chi connectivity index (χ0) is 25.5. The highest BCUT2D eigenvalue weighted by molar-refractivity contribution is 6.78. The molecule has 0 spiro atoms. The average molecular weight is 493 g/mol. The molecule has 0 aliphatic carbocycles. The van der Waals surface area contributed by atoms with Gasteiger partial charge in [0, 0.05) is 30.4 Å². The molecule has 2 aliphatic rings. The Labute approximate surface area is 206 Å². The topological polar surface area (TPSA) is 54.1 Å². The van der Waals surface area contributed by atoms with Crippen molar-refractivity contribution >= 4 is 35.7 Å². The average Bonchev–Trinajstić information content (AvgIpc) is 2.88. The maximum atomic E-state index is 13.2. The van der Waals surface area contributed by atoms with Crippen molar-refractivity contribution in [2.24, 2.45) is 5.10 Å². The van der Waals surface area contributed by atoms with Crippen LogP contribution in [0.4, 0.5) is 18.9 Å². The van der Waals surface area contributed by atoms with E-state index in [1.807, 2.05) is 24.3 Å². The summed E-state index contributed by atoms with van der Waals surface area (Å²) in [4.78, 5) is 15.4. The van der Waals surface area contributed by atoms with Gasteiger partial charge < -0.3 is 14.2 Å². The first-order valence-corrected chi connectivity index (χ1v) is 11.7. The first-order chi connectivity index (χ1) is 17.2. The molecule has 3 aromatic rings. The molecular formula is C26H23BF3N3O3. The number of hydrogen-bond acceptors (Lipinski definition) is 5. The number of anilines is 1. The molecular weight excluding hydrogens is 470 g/mol. The van der Waals surface area contributed by atoms with E-state index in [2.05, 4.69) is 23.8 Å². The van der Waals surface area contributed by atoms with Crippen molar-refractivity contribution in [2.75, 3.05) is 18.0 Å². The quantitative estimate of drug-likeness (QED) is 0.501. The first-order valence-electron chi connectivity index (χ1n) is 11.7. The van der Waals surface area contributed by atoms with Crippen LogP contribution in [0.5, 0.6) is 5.75 Å². The Balaban J connectivity index is 1.64. The number of hydrogen-bond donors (Lipinski definition) is 0. The number of benzene rings is 3. The molecule has 36 heavy (non-hydrogen) atoms. The third kappa shape index (κ3) is 4.02. The number of alkyl halides is 3. The van der Waals surface area contributed by atoms with Gasteiger partial charge in [0.2, 0.25) is 5.71 Å². The Morgan fingerprint density at radius 1 is 0.944 bits per heavy atom. The second-order valence-corrected chi connectivity index (χ2v) is 8.53. The minimum Gasteiger partial charge on any atom is -0.617 e. The summed E-state index contributed by atoms with van der Waals surface area (Å²) in [5.74, 6) is -0.243. The van der Waals surface area contributed by atoms with Gasteiger partial charge in [-0.25, -0.2) is 9.39 Å². The second-order valence-electron chi connectivity index (χ2n) is 8.53. The molecule has 0 aromatic heterocycles. The lowest BCUT2D eigenvalue weighted by molar-refractivity contribution is -0.431. The van der Waals surface area contributed by atoms with Gasteiger partial charge in [0.25, 0.3) is 0 Å². The minimum absolute atomic E-state index is 0.111. The molecule has 2 aliphatic heterocycles. The lowest BCUT2D eigenvalue weighted by Gasteiger charge is -2.40. The molecule has 0 N–H and O–H groups in total. The van der Waals surface area contributed by atoms with Gasteiger partial charge in [-0.05, 0) is 48.7 Å². The fourth-order valence-electron chi connectivity index (χ4n) is 4.50. The Bertz CT molecular complexity index is 1370. The fourth-order valence-corrected chi connectivity index (χ4v) is 4.50. The Hall–Kier alpha value is -4.08. The van der Waals surface area contributed by atoms with E-state index >= 15 is 0 Å². The van der Waals surface area contributed by atoms with E-state index in [4.69, 9.17) is 9.31 Å². The molecule has 0 fully saturated rings. The number of rotatable bonds is 5. The number of fused-ring (bicyclic) bond motifs is 2. The van der Waals surface area contributed by atoms with Crippen LogP contribution >= 0.6 is 0 Å². The number of nitrogens with zero attached hydrogens (tertiary/aromatic N) is 3. The van der Waals surface area contributed by atoms with Crippen LogP contribution in [-0.4, -0.2) is 42.3 Å². The third-order valence-corrected chi connectivity index (χ3v) is 6.41. The number of carbonyl (C=O) groups is 1. The molecule has 184 valence electrons. The molecule has 6 nitrogen and oxygen atoms in total. The van der Waals surface area contributed by atoms with Crippen LogP contribution < -0.4 is 15.0 Å². The van der Waals surface area contributed by atoms with E-state index in [-0.39, 0.29) is 11.3 Å². The van der Waals surface area contributed by atoms with E-state index in [0.29, 0.717) is 11.2 Å². The first kappa shape index (κ1) is 23.7. The van der Waals surface area contributed by atoms with Crippen molar-refractivity contribution in [1.29, 1.82) is 0 Å². The molecule has 10 heteroatoms. The van der Waals surface area contributed by atoms with Gasteiger partial charge in [-0.15, -0.1) is 0 Å². The van der Waals surface area contributed by atoms with Gasteiger partial charge in [0.05, 0.1) is 16.9 Å². The van der Waals surface area contributed by atoms with Crippen LogP contribution in [0.25, 0.3) is 0 Å². The van der Waals surface area contributed by atoms with Crippen molar-refractivity contribution < 1.29 is 31.9 Å². The fraction of sp³-hybridized carbons (Fsp3) is 0.192. The smallest absolute Gasteiger partial charge is 0.617 e. The predicted octanol–water partition coefficient (Wildman–Crippen LogP) is 4.18. The molecule has 0 bridgehead atoms. The summed E-state index contributed by atoms with van der Waals surface area (Å²) >= 11 is 0. The largest absolute Gasteiger partial charge is 0.710 e. The van der Waals surface area contributed by atoms with Gasteiger partial charge in [-0.1, -0.05) is 42.5 Å². The lowest BCUT2D eigenvalue weighted by atomic mass is 9.62. The summed E-state index contributed by atoms with van der Waals surface area (Å²) in [5.41, 5.74) is 1.58. The Morgan fingerprint density at radius 3 is 2.28 bits per heavy atom. The normalized spacial score (nSPS) is 18.8. The molecule has 0 radical (unpaired) electrons. The zero-order valence-electron chi connectivity index (χ0n) is 19.7. The van der Waals surface area contributed by atoms with Crippen molar-refractivity contribution in [3.63, 3.8) is 0 Å². The lowest BCUT2D eigenvalue weighted by Crippen LogP contribution is -2.69. The third-order valence-electron chi connectivity index (χ3n) is 6.41. The number of carbonyl (C=O) groups excluding carboxylic acids is 1.